The quantitative estimate of drug-likeness (QED) is 0.729. The van der Waals surface area contributed by atoms with Gasteiger partial charge < -0.3 is 15.5 Å². The number of amides is 2. The second-order valence-corrected chi connectivity index (χ2v) is 6.41. The summed E-state index contributed by atoms with van der Waals surface area (Å²) in [5.41, 5.74) is 7.98. The first-order valence-corrected chi connectivity index (χ1v) is 8.37. The molecule has 0 bridgehead atoms. The van der Waals surface area contributed by atoms with Crippen LogP contribution in [0.4, 0.5) is 0 Å². The van der Waals surface area contributed by atoms with Gasteiger partial charge in [0, 0.05) is 27.8 Å². The minimum Gasteiger partial charge on any atom is -0.445 e. The molecular formula is C17H16N4O3S. The lowest BCUT2D eigenvalue weighted by molar-refractivity contribution is 0.0950. The van der Waals surface area contributed by atoms with Gasteiger partial charge in [0.2, 0.25) is 11.8 Å². The molecular weight excluding hydrogens is 340 g/mol. The van der Waals surface area contributed by atoms with Crippen molar-refractivity contribution >= 4 is 23.2 Å². The molecule has 0 spiro atoms. The molecule has 0 aliphatic heterocycles. The Bertz CT molecular complexity index is 932. The van der Waals surface area contributed by atoms with Gasteiger partial charge in [-0.05, 0) is 31.5 Å². The molecule has 1 aromatic carbocycles. The predicted octanol–water partition coefficient (Wildman–Crippen LogP) is 2.44. The number of carbonyl (C=O) groups excluding carboxylic acids is 2. The number of rotatable bonds is 5. The van der Waals surface area contributed by atoms with Gasteiger partial charge in [-0.2, -0.15) is 0 Å². The van der Waals surface area contributed by atoms with Gasteiger partial charge in [0.05, 0.1) is 12.7 Å². The van der Waals surface area contributed by atoms with E-state index in [1.807, 2.05) is 12.3 Å². The number of carbonyl (C=O) groups is 2. The van der Waals surface area contributed by atoms with Crippen molar-refractivity contribution in [2.24, 2.45) is 5.73 Å². The van der Waals surface area contributed by atoms with Gasteiger partial charge in [-0.3, -0.25) is 9.59 Å². The molecule has 2 aromatic heterocycles. The number of hydrogen-bond acceptors (Lipinski definition) is 6. The van der Waals surface area contributed by atoms with Crippen molar-refractivity contribution in [2.45, 2.75) is 20.4 Å². The highest BCUT2D eigenvalue weighted by Gasteiger charge is 2.19. The maximum atomic E-state index is 12.6. The van der Waals surface area contributed by atoms with E-state index in [-0.39, 0.29) is 11.5 Å². The molecule has 128 valence electrons. The standard InChI is InChI=1S/C17H16N4O3S/c1-9-8-25-14(21-9)7-20-16(23)13-6-11(17-19-3-4-24-17)5-12(10(13)2)15(18)22/h3-6,8H,7H2,1-2H3,(H2,18,22)(H,20,23). The van der Waals surface area contributed by atoms with Crippen LogP contribution in [-0.2, 0) is 6.54 Å². The van der Waals surface area contributed by atoms with E-state index >= 15 is 0 Å². The summed E-state index contributed by atoms with van der Waals surface area (Å²) in [7, 11) is 0. The molecule has 25 heavy (non-hydrogen) atoms. The van der Waals surface area contributed by atoms with E-state index in [1.165, 1.54) is 23.8 Å². The third-order valence-electron chi connectivity index (χ3n) is 3.66. The van der Waals surface area contributed by atoms with Gasteiger partial charge >= 0.3 is 0 Å². The van der Waals surface area contributed by atoms with Gasteiger partial charge in [-0.1, -0.05) is 0 Å². The predicted molar refractivity (Wildman–Crippen MR) is 93.2 cm³/mol. The van der Waals surface area contributed by atoms with E-state index in [2.05, 4.69) is 15.3 Å². The number of aryl methyl sites for hydroxylation is 1. The highest BCUT2D eigenvalue weighted by atomic mass is 32.1. The van der Waals surface area contributed by atoms with E-state index in [0.29, 0.717) is 29.1 Å². The Morgan fingerprint density at radius 1 is 1.28 bits per heavy atom. The van der Waals surface area contributed by atoms with E-state index in [9.17, 15) is 9.59 Å². The average molecular weight is 356 g/mol. The minimum absolute atomic E-state index is 0.256. The number of nitrogens with two attached hydrogens (primary N) is 1. The van der Waals surface area contributed by atoms with Crippen LogP contribution >= 0.6 is 11.3 Å². The number of nitrogens with one attached hydrogen (secondary N) is 1. The molecule has 0 atom stereocenters. The number of aromatic nitrogens is 2. The molecule has 7 nitrogen and oxygen atoms in total. The van der Waals surface area contributed by atoms with Crippen molar-refractivity contribution in [3.05, 3.63) is 57.4 Å². The lowest BCUT2D eigenvalue weighted by atomic mass is 9.97. The Balaban J connectivity index is 1.93. The maximum Gasteiger partial charge on any atom is 0.251 e. The number of benzene rings is 1. The minimum atomic E-state index is -0.615. The molecule has 8 heteroatoms. The molecule has 0 saturated heterocycles. The van der Waals surface area contributed by atoms with E-state index in [0.717, 1.165) is 10.7 Å². The van der Waals surface area contributed by atoms with E-state index in [1.54, 1.807) is 19.1 Å². The first kappa shape index (κ1) is 16.8. The zero-order valence-electron chi connectivity index (χ0n) is 13.7. The molecule has 2 amide bonds. The zero-order chi connectivity index (χ0) is 18.0. The van der Waals surface area contributed by atoms with Crippen molar-refractivity contribution in [3.63, 3.8) is 0 Å². The molecule has 3 aromatic rings. The number of nitrogens with zero attached hydrogens (tertiary/aromatic N) is 2. The maximum absolute atomic E-state index is 12.6. The molecule has 3 rings (SSSR count). The van der Waals surface area contributed by atoms with Crippen LogP contribution in [0.2, 0.25) is 0 Å². The molecule has 0 aliphatic carbocycles. The summed E-state index contributed by atoms with van der Waals surface area (Å²) in [5, 5.41) is 5.54. The molecule has 0 saturated carbocycles. The van der Waals surface area contributed by atoms with Crippen LogP contribution in [-0.4, -0.2) is 21.8 Å². The second kappa shape index (κ2) is 6.86. The monoisotopic (exact) mass is 356 g/mol. The average Bonchev–Trinajstić information content (AvgIpc) is 3.24. The fourth-order valence-corrected chi connectivity index (χ4v) is 3.14. The Morgan fingerprint density at radius 3 is 2.64 bits per heavy atom. The molecule has 0 radical (unpaired) electrons. The van der Waals surface area contributed by atoms with E-state index < -0.39 is 5.91 Å². The first-order chi connectivity index (χ1) is 12.0. The van der Waals surface area contributed by atoms with Crippen LogP contribution in [0.5, 0.6) is 0 Å². The zero-order valence-corrected chi connectivity index (χ0v) is 14.5. The van der Waals surface area contributed by atoms with Crippen LogP contribution in [0.15, 0.2) is 34.4 Å². The highest BCUT2D eigenvalue weighted by Crippen LogP contribution is 2.24. The van der Waals surface area contributed by atoms with Crippen molar-refractivity contribution in [1.82, 2.24) is 15.3 Å². The Hall–Kier alpha value is -3.00. The fraction of sp³-hybridized carbons (Fsp3) is 0.176. The largest absolute Gasteiger partial charge is 0.445 e. The number of oxazole rings is 1. The Kier molecular flexibility index (Phi) is 4.62. The summed E-state index contributed by atoms with van der Waals surface area (Å²) in [6.07, 6.45) is 2.91. The summed E-state index contributed by atoms with van der Waals surface area (Å²) >= 11 is 1.48. The van der Waals surface area contributed by atoms with Crippen molar-refractivity contribution in [3.8, 4) is 11.5 Å². The van der Waals surface area contributed by atoms with Gasteiger partial charge in [0.1, 0.15) is 11.3 Å². The third kappa shape index (κ3) is 3.58. The van der Waals surface area contributed by atoms with Crippen LogP contribution < -0.4 is 11.1 Å². The smallest absolute Gasteiger partial charge is 0.251 e. The second-order valence-electron chi connectivity index (χ2n) is 5.46. The highest BCUT2D eigenvalue weighted by molar-refractivity contribution is 7.09. The summed E-state index contributed by atoms with van der Waals surface area (Å²) < 4.78 is 5.26. The van der Waals surface area contributed by atoms with Crippen LogP contribution in [0.25, 0.3) is 11.5 Å². The third-order valence-corrected chi connectivity index (χ3v) is 4.63. The summed E-state index contributed by atoms with van der Waals surface area (Å²) in [5.74, 6) is -0.621. The topological polar surface area (TPSA) is 111 Å². The summed E-state index contributed by atoms with van der Waals surface area (Å²) in [6, 6.07) is 3.21. The van der Waals surface area contributed by atoms with Crippen LogP contribution in [0.3, 0.4) is 0 Å². The van der Waals surface area contributed by atoms with Crippen molar-refractivity contribution in [2.75, 3.05) is 0 Å². The number of hydrogen-bond donors (Lipinski definition) is 2. The van der Waals surface area contributed by atoms with Gasteiger partial charge in [0.15, 0.2) is 0 Å². The lowest BCUT2D eigenvalue weighted by Crippen LogP contribution is -2.25. The summed E-state index contributed by atoms with van der Waals surface area (Å²) in [4.78, 5) is 32.7. The fourth-order valence-electron chi connectivity index (χ4n) is 2.43. The van der Waals surface area contributed by atoms with Gasteiger partial charge in [-0.25, -0.2) is 9.97 Å². The Morgan fingerprint density at radius 2 is 2.04 bits per heavy atom. The van der Waals surface area contributed by atoms with Gasteiger partial charge in [0.25, 0.3) is 5.91 Å². The number of thiazole rings is 1. The number of primary amides is 1. The first-order valence-electron chi connectivity index (χ1n) is 7.49. The molecule has 0 aliphatic rings. The molecule has 0 fully saturated rings. The summed E-state index contributed by atoms with van der Waals surface area (Å²) in [6.45, 7) is 3.89. The Labute approximate surface area is 147 Å². The van der Waals surface area contributed by atoms with Gasteiger partial charge in [-0.15, -0.1) is 11.3 Å². The molecule has 2 heterocycles. The molecule has 3 N–H and O–H groups in total. The van der Waals surface area contributed by atoms with Crippen molar-refractivity contribution < 1.29 is 14.0 Å². The van der Waals surface area contributed by atoms with Crippen LogP contribution in [0, 0.1) is 13.8 Å². The van der Waals surface area contributed by atoms with E-state index in [4.69, 9.17) is 10.2 Å². The normalized spacial score (nSPS) is 10.6. The molecule has 0 unspecified atom stereocenters. The lowest BCUT2D eigenvalue weighted by Gasteiger charge is -2.11. The van der Waals surface area contributed by atoms with Crippen LogP contribution in [0.1, 0.15) is 37.0 Å². The van der Waals surface area contributed by atoms with Crippen molar-refractivity contribution in [1.29, 1.82) is 0 Å². The SMILES string of the molecule is Cc1csc(CNC(=O)c2cc(-c3ncco3)cc(C(N)=O)c2C)n1.